The molecule has 0 unspecified atom stereocenters. The van der Waals surface area contributed by atoms with Crippen LogP contribution in [0.25, 0.3) is 0 Å². The van der Waals surface area contributed by atoms with E-state index in [-0.39, 0.29) is 11.7 Å². The van der Waals surface area contributed by atoms with E-state index in [0.717, 1.165) is 25.9 Å². The van der Waals surface area contributed by atoms with Crippen LogP contribution in [0.5, 0.6) is 0 Å². The van der Waals surface area contributed by atoms with Gasteiger partial charge in [0, 0.05) is 26.2 Å². The number of imidazole rings is 1. The van der Waals surface area contributed by atoms with Gasteiger partial charge in [-0.25, -0.2) is 4.79 Å². The fraction of sp³-hybridized carbons (Fsp3) is 0.600. The lowest BCUT2D eigenvalue weighted by Gasteiger charge is -2.31. The molecule has 1 aromatic rings. The molecule has 2 rings (SSSR count). The maximum atomic E-state index is 11.2. The molecule has 1 aliphatic heterocycles. The van der Waals surface area contributed by atoms with Gasteiger partial charge in [-0.2, -0.15) is 0 Å². The monoisotopic (exact) mass is 238 g/mol. The van der Waals surface area contributed by atoms with Crippen molar-refractivity contribution in [3.63, 3.8) is 0 Å². The van der Waals surface area contributed by atoms with Crippen LogP contribution in [-0.2, 0) is 0 Å². The quantitative estimate of drug-likeness (QED) is 0.353. The maximum Gasteiger partial charge on any atom is 0.325 e. The predicted octanol–water partition coefficient (Wildman–Crippen LogP) is -0.507. The van der Waals surface area contributed by atoms with Gasteiger partial charge in [0.25, 0.3) is 0 Å². The molecule has 0 aliphatic carbocycles. The van der Waals surface area contributed by atoms with Crippen molar-refractivity contribution >= 4 is 11.7 Å². The number of nitrogens with zero attached hydrogens (tertiary/aromatic N) is 1. The van der Waals surface area contributed by atoms with Crippen molar-refractivity contribution in [2.45, 2.75) is 18.9 Å². The molecule has 7 nitrogen and oxygen atoms in total. The number of rotatable bonds is 2. The second-order valence-corrected chi connectivity index (χ2v) is 4.25. The molecule has 17 heavy (non-hydrogen) atoms. The van der Waals surface area contributed by atoms with Crippen molar-refractivity contribution in [1.82, 2.24) is 14.9 Å². The zero-order chi connectivity index (χ0) is 12.4. The molecule has 1 fully saturated rings. The molecule has 0 bridgehead atoms. The number of hydrogen-bond acceptors (Lipinski definition) is 4. The van der Waals surface area contributed by atoms with Crippen molar-refractivity contribution in [2.24, 2.45) is 5.73 Å². The number of likely N-dealkylation sites (tertiary alicyclic amines) is 1. The van der Waals surface area contributed by atoms with Gasteiger partial charge < -0.3 is 20.9 Å². The van der Waals surface area contributed by atoms with Gasteiger partial charge in [-0.15, -0.1) is 0 Å². The maximum absolute atomic E-state index is 11.2. The lowest BCUT2D eigenvalue weighted by atomic mass is 10.1. The first-order valence-corrected chi connectivity index (χ1v) is 5.71. The van der Waals surface area contributed by atoms with Crippen molar-refractivity contribution in [3.05, 3.63) is 16.2 Å². The lowest BCUT2D eigenvalue weighted by molar-refractivity contribution is 0.312. The van der Waals surface area contributed by atoms with Crippen LogP contribution in [0.2, 0.25) is 0 Å². The third-order valence-corrected chi connectivity index (χ3v) is 3.07. The first kappa shape index (κ1) is 11.7. The standard InChI is InChI=1S/C10H18N6O/c1-13-9-7(14-10(17)15-9)8(12)16-4-2-6(11)3-5-16/h6,12-13H,2-5,11H2,1H3,(H2,14,15,17). The molecule has 0 radical (unpaired) electrons. The summed E-state index contributed by atoms with van der Waals surface area (Å²) in [7, 11) is 1.71. The Labute approximate surface area is 98.9 Å². The van der Waals surface area contributed by atoms with Gasteiger partial charge >= 0.3 is 5.69 Å². The van der Waals surface area contributed by atoms with Gasteiger partial charge in [0.2, 0.25) is 0 Å². The van der Waals surface area contributed by atoms with Crippen molar-refractivity contribution in [1.29, 1.82) is 5.41 Å². The van der Waals surface area contributed by atoms with E-state index in [4.69, 9.17) is 11.1 Å². The van der Waals surface area contributed by atoms with Gasteiger partial charge in [-0.3, -0.25) is 10.4 Å². The molecule has 94 valence electrons. The van der Waals surface area contributed by atoms with E-state index in [1.807, 2.05) is 4.90 Å². The number of aromatic nitrogens is 2. The summed E-state index contributed by atoms with van der Waals surface area (Å²) in [5.41, 5.74) is 6.03. The van der Waals surface area contributed by atoms with E-state index >= 15 is 0 Å². The van der Waals surface area contributed by atoms with Gasteiger partial charge in [-0.1, -0.05) is 0 Å². The normalized spacial score (nSPS) is 17.2. The summed E-state index contributed by atoms with van der Waals surface area (Å²) in [5, 5.41) is 11.0. The predicted molar refractivity (Wildman–Crippen MR) is 66.6 cm³/mol. The number of hydrogen-bond donors (Lipinski definition) is 5. The molecule has 1 aliphatic rings. The van der Waals surface area contributed by atoms with E-state index in [1.165, 1.54) is 0 Å². The van der Waals surface area contributed by atoms with Crippen LogP contribution in [0.3, 0.4) is 0 Å². The summed E-state index contributed by atoms with van der Waals surface area (Å²) in [5.74, 6) is 0.884. The SMILES string of the molecule is CNc1[nH]c(=O)[nH]c1C(=N)N1CCC(N)CC1. The molecule has 1 aromatic heterocycles. The van der Waals surface area contributed by atoms with Gasteiger partial charge in [0.15, 0.2) is 0 Å². The highest BCUT2D eigenvalue weighted by Gasteiger charge is 2.22. The minimum atomic E-state index is -0.303. The Balaban J connectivity index is 2.16. The van der Waals surface area contributed by atoms with Gasteiger partial charge in [0.1, 0.15) is 17.3 Å². The Morgan fingerprint density at radius 3 is 2.71 bits per heavy atom. The first-order chi connectivity index (χ1) is 8.11. The zero-order valence-electron chi connectivity index (χ0n) is 9.84. The Kier molecular flexibility index (Phi) is 3.19. The minimum Gasteiger partial charge on any atom is -0.373 e. The molecule has 0 atom stereocenters. The lowest BCUT2D eigenvalue weighted by Crippen LogP contribution is -2.43. The molecule has 2 heterocycles. The van der Waals surface area contributed by atoms with E-state index in [2.05, 4.69) is 15.3 Å². The van der Waals surface area contributed by atoms with E-state index < -0.39 is 0 Å². The van der Waals surface area contributed by atoms with Crippen LogP contribution in [0.15, 0.2) is 4.79 Å². The zero-order valence-corrected chi connectivity index (χ0v) is 9.84. The van der Waals surface area contributed by atoms with Crippen LogP contribution < -0.4 is 16.7 Å². The molecule has 6 N–H and O–H groups in total. The molecule has 7 heteroatoms. The summed E-state index contributed by atoms with van der Waals surface area (Å²) in [6.07, 6.45) is 1.76. The summed E-state index contributed by atoms with van der Waals surface area (Å²) in [6.45, 7) is 1.52. The highest BCUT2D eigenvalue weighted by molar-refractivity contribution is 5.98. The van der Waals surface area contributed by atoms with Crippen LogP contribution in [-0.4, -0.2) is 46.9 Å². The molecule has 1 saturated heterocycles. The number of piperidine rings is 1. The Bertz CT molecular complexity index is 454. The summed E-state index contributed by atoms with van der Waals surface area (Å²) in [4.78, 5) is 18.4. The molecular formula is C10H18N6O. The highest BCUT2D eigenvalue weighted by Crippen LogP contribution is 2.14. The fourth-order valence-corrected chi connectivity index (χ4v) is 2.03. The second-order valence-electron chi connectivity index (χ2n) is 4.25. The first-order valence-electron chi connectivity index (χ1n) is 5.71. The van der Waals surface area contributed by atoms with Crippen molar-refractivity contribution in [3.8, 4) is 0 Å². The van der Waals surface area contributed by atoms with Crippen LogP contribution in [0.1, 0.15) is 18.5 Å². The molecule has 0 aromatic carbocycles. The van der Waals surface area contributed by atoms with Crippen molar-refractivity contribution in [2.75, 3.05) is 25.5 Å². The highest BCUT2D eigenvalue weighted by atomic mass is 16.1. The largest absolute Gasteiger partial charge is 0.373 e. The van der Waals surface area contributed by atoms with Crippen LogP contribution in [0.4, 0.5) is 5.82 Å². The molecule has 0 spiro atoms. The summed E-state index contributed by atoms with van der Waals surface area (Å²) < 4.78 is 0. The Morgan fingerprint density at radius 1 is 1.47 bits per heavy atom. The Morgan fingerprint density at radius 2 is 2.12 bits per heavy atom. The number of nitrogens with two attached hydrogens (primary N) is 1. The third kappa shape index (κ3) is 2.33. The van der Waals surface area contributed by atoms with E-state index in [0.29, 0.717) is 17.3 Å². The number of anilines is 1. The number of aromatic amines is 2. The van der Waals surface area contributed by atoms with Crippen molar-refractivity contribution < 1.29 is 0 Å². The van der Waals surface area contributed by atoms with Crippen LogP contribution in [0, 0.1) is 5.41 Å². The summed E-state index contributed by atoms with van der Waals surface area (Å²) in [6, 6.07) is 0.230. The van der Waals surface area contributed by atoms with E-state index in [9.17, 15) is 4.79 Å². The number of H-pyrrole nitrogens is 2. The fourth-order valence-electron chi connectivity index (χ4n) is 2.03. The minimum absolute atomic E-state index is 0.230. The van der Waals surface area contributed by atoms with Gasteiger partial charge in [0.05, 0.1) is 0 Å². The Hall–Kier alpha value is -1.76. The average molecular weight is 238 g/mol. The van der Waals surface area contributed by atoms with Crippen LogP contribution >= 0.6 is 0 Å². The summed E-state index contributed by atoms with van der Waals surface area (Å²) >= 11 is 0. The topological polar surface area (TPSA) is 114 Å². The molecular weight excluding hydrogens is 220 g/mol. The third-order valence-electron chi connectivity index (χ3n) is 3.07. The molecule has 0 saturated carbocycles. The second kappa shape index (κ2) is 4.62. The number of nitrogens with one attached hydrogen (secondary N) is 4. The van der Waals surface area contributed by atoms with Gasteiger partial charge in [-0.05, 0) is 12.8 Å². The number of amidine groups is 1. The smallest absolute Gasteiger partial charge is 0.325 e. The molecule has 0 amide bonds. The average Bonchev–Trinajstić information content (AvgIpc) is 2.70. The van der Waals surface area contributed by atoms with E-state index in [1.54, 1.807) is 7.05 Å².